The van der Waals surface area contributed by atoms with E-state index in [1.807, 2.05) is 0 Å². The number of hydrogen-bond acceptors (Lipinski definition) is 2. The molecule has 1 heterocycles. The van der Waals surface area contributed by atoms with Crippen molar-refractivity contribution < 1.29 is 9.59 Å². The van der Waals surface area contributed by atoms with Crippen molar-refractivity contribution in [2.75, 3.05) is 12.4 Å². The van der Waals surface area contributed by atoms with Crippen LogP contribution in [-0.4, -0.2) is 35.2 Å². The highest BCUT2D eigenvalue weighted by Gasteiger charge is 2.29. The van der Waals surface area contributed by atoms with Crippen molar-refractivity contribution in [3.05, 3.63) is 0 Å². The number of likely N-dealkylation sites (tertiary alicyclic amines) is 1. The van der Waals surface area contributed by atoms with E-state index in [1.165, 1.54) is 0 Å². The van der Waals surface area contributed by atoms with E-state index in [4.69, 9.17) is 17.3 Å². The van der Waals surface area contributed by atoms with Crippen molar-refractivity contribution in [3.63, 3.8) is 0 Å². The zero-order valence-electron chi connectivity index (χ0n) is 9.45. The Labute approximate surface area is 101 Å². The van der Waals surface area contributed by atoms with E-state index in [2.05, 4.69) is 0 Å². The molecule has 2 amide bonds. The number of rotatable bonds is 5. The number of carbonyl (C=O) groups is 2. The number of nitrogens with zero attached hydrogens (tertiary/aromatic N) is 1. The first-order valence-electron chi connectivity index (χ1n) is 5.81. The lowest BCUT2D eigenvalue weighted by Gasteiger charge is -2.33. The Kier molecular flexibility index (Phi) is 5.60. The standard InChI is InChI=1S/C11H19ClN2O2/c12-7-3-1-6-10(15)14-8-4-2-5-9(14)11(13)16/h9H,1-8H2,(H2,13,16). The van der Waals surface area contributed by atoms with E-state index >= 15 is 0 Å². The van der Waals surface area contributed by atoms with E-state index in [1.54, 1.807) is 4.90 Å². The van der Waals surface area contributed by atoms with Gasteiger partial charge in [-0.25, -0.2) is 0 Å². The Balaban J connectivity index is 2.47. The molecule has 0 saturated carbocycles. The largest absolute Gasteiger partial charge is 0.368 e. The summed E-state index contributed by atoms with van der Waals surface area (Å²) in [7, 11) is 0. The summed E-state index contributed by atoms with van der Waals surface area (Å²) in [6.07, 6.45) is 4.73. The summed E-state index contributed by atoms with van der Waals surface area (Å²) in [6.45, 7) is 0.660. The van der Waals surface area contributed by atoms with Gasteiger partial charge in [0.15, 0.2) is 0 Å². The van der Waals surface area contributed by atoms with E-state index in [0.29, 0.717) is 25.3 Å². The highest BCUT2D eigenvalue weighted by atomic mass is 35.5. The predicted octanol–water partition coefficient (Wildman–Crippen LogP) is 1.26. The molecule has 1 fully saturated rings. The van der Waals surface area contributed by atoms with Gasteiger partial charge < -0.3 is 10.6 Å². The van der Waals surface area contributed by atoms with Gasteiger partial charge >= 0.3 is 0 Å². The fraction of sp³-hybridized carbons (Fsp3) is 0.818. The Bertz CT molecular complexity index is 258. The van der Waals surface area contributed by atoms with Gasteiger partial charge in [-0.3, -0.25) is 9.59 Å². The van der Waals surface area contributed by atoms with Crippen LogP contribution in [0.25, 0.3) is 0 Å². The van der Waals surface area contributed by atoms with E-state index in [9.17, 15) is 9.59 Å². The molecule has 1 atom stereocenters. The van der Waals surface area contributed by atoms with Gasteiger partial charge in [-0.1, -0.05) is 0 Å². The molecule has 16 heavy (non-hydrogen) atoms. The summed E-state index contributed by atoms with van der Waals surface area (Å²) in [5.74, 6) is 0.228. The van der Waals surface area contributed by atoms with Crippen LogP contribution in [0.1, 0.15) is 38.5 Å². The van der Waals surface area contributed by atoms with E-state index in [0.717, 1.165) is 25.7 Å². The smallest absolute Gasteiger partial charge is 0.240 e. The van der Waals surface area contributed by atoms with Gasteiger partial charge in [0.1, 0.15) is 6.04 Å². The van der Waals surface area contributed by atoms with Crippen LogP contribution >= 0.6 is 11.6 Å². The first kappa shape index (κ1) is 13.3. The van der Waals surface area contributed by atoms with Crippen LogP contribution in [-0.2, 0) is 9.59 Å². The average molecular weight is 247 g/mol. The molecule has 1 rings (SSSR count). The normalized spacial score (nSPS) is 20.8. The van der Waals surface area contributed by atoms with Crippen molar-refractivity contribution in [1.29, 1.82) is 0 Å². The van der Waals surface area contributed by atoms with Crippen LogP contribution in [0.3, 0.4) is 0 Å². The molecule has 0 aromatic rings. The number of primary amides is 1. The fourth-order valence-electron chi connectivity index (χ4n) is 2.04. The average Bonchev–Trinajstić information content (AvgIpc) is 2.29. The quantitative estimate of drug-likeness (QED) is 0.586. The maximum Gasteiger partial charge on any atom is 0.240 e. The molecule has 0 aromatic heterocycles. The Hall–Kier alpha value is -0.770. The van der Waals surface area contributed by atoms with E-state index in [-0.39, 0.29) is 11.8 Å². The lowest BCUT2D eigenvalue weighted by molar-refractivity contribution is -0.141. The highest BCUT2D eigenvalue weighted by molar-refractivity contribution is 6.17. The van der Waals surface area contributed by atoms with Crippen LogP contribution < -0.4 is 5.73 Å². The summed E-state index contributed by atoms with van der Waals surface area (Å²) >= 11 is 5.55. The van der Waals surface area contributed by atoms with Crippen molar-refractivity contribution in [3.8, 4) is 0 Å². The van der Waals surface area contributed by atoms with Gasteiger partial charge in [-0.15, -0.1) is 11.6 Å². The second kappa shape index (κ2) is 6.74. The summed E-state index contributed by atoms with van der Waals surface area (Å²) in [5, 5.41) is 0. The minimum Gasteiger partial charge on any atom is -0.368 e. The zero-order valence-corrected chi connectivity index (χ0v) is 10.2. The second-order valence-electron chi connectivity index (χ2n) is 4.15. The molecular weight excluding hydrogens is 228 g/mol. The van der Waals surface area contributed by atoms with Crippen LogP contribution in [0, 0.1) is 0 Å². The second-order valence-corrected chi connectivity index (χ2v) is 4.53. The van der Waals surface area contributed by atoms with Crippen molar-refractivity contribution in [2.45, 2.75) is 44.6 Å². The highest BCUT2D eigenvalue weighted by Crippen LogP contribution is 2.18. The minimum atomic E-state index is -0.391. The number of carbonyl (C=O) groups excluding carboxylic acids is 2. The fourth-order valence-corrected chi connectivity index (χ4v) is 2.23. The van der Waals surface area contributed by atoms with Crippen molar-refractivity contribution >= 4 is 23.4 Å². The Morgan fingerprint density at radius 1 is 1.31 bits per heavy atom. The molecule has 92 valence electrons. The third kappa shape index (κ3) is 3.67. The number of nitrogens with two attached hydrogens (primary N) is 1. The third-order valence-electron chi connectivity index (χ3n) is 2.93. The van der Waals surface area contributed by atoms with Crippen LogP contribution in [0.2, 0.25) is 0 Å². The maximum atomic E-state index is 11.9. The number of halogens is 1. The molecule has 1 saturated heterocycles. The lowest BCUT2D eigenvalue weighted by atomic mass is 10.0. The Morgan fingerprint density at radius 2 is 2.06 bits per heavy atom. The predicted molar refractivity (Wildman–Crippen MR) is 63.1 cm³/mol. The maximum absolute atomic E-state index is 11.9. The van der Waals surface area contributed by atoms with Gasteiger partial charge in [-0.2, -0.15) is 0 Å². The molecule has 0 radical (unpaired) electrons. The minimum absolute atomic E-state index is 0.0358. The zero-order chi connectivity index (χ0) is 12.0. The van der Waals surface area contributed by atoms with Crippen LogP contribution in [0.4, 0.5) is 0 Å². The first-order valence-corrected chi connectivity index (χ1v) is 6.35. The lowest BCUT2D eigenvalue weighted by Crippen LogP contribution is -2.50. The molecule has 1 aliphatic heterocycles. The summed E-state index contributed by atoms with van der Waals surface area (Å²) < 4.78 is 0. The van der Waals surface area contributed by atoms with Crippen LogP contribution in [0.15, 0.2) is 0 Å². The molecular formula is C11H19ClN2O2. The Morgan fingerprint density at radius 3 is 2.69 bits per heavy atom. The summed E-state index contributed by atoms with van der Waals surface area (Å²) in [5.41, 5.74) is 5.30. The van der Waals surface area contributed by atoms with Gasteiger partial charge in [0, 0.05) is 18.8 Å². The summed E-state index contributed by atoms with van der Waals surface area (Å²) in [6, 6.07) is -0.391. The SMILES string of the molecule is NC(=O)C1CCCCN1C(=O)CCCCCl. The van der Waals surface area contributed by atoms with Gasteiger partial charge in [-0.05, 0) is 32.1 Å². The number of hydrogen-bond donors (Lipinski definition) is 1. The monoisotopic (exact) mass is 246 g/mol. The van der Waals surface area contributed by atoms with E-state index < -0.39 is 6.04 Å². The topological polar surface area (TPSA) is 63.4 Å². The molecule has 0 aromatic carbocycles. The molecule has 1 unspecified atom stereocenters. The number of amides is 2. The molecule has 1 aliphatic rings. The van der Waals surface area contributed by atoms with Crippen LogP contribution in [0.5, 0.6) is 0 Å². The number of piperidine rings is 1. The van der Waals surface area contributed by atoms with Gasteiger partial charge in [0.05, 0.1) is 0 Å². The van der Waals surface area contributed by atoms with Crippen molar-refractivity contribution in [2.24, 2.45) is 5.73 Å². The number of unbranched alkanes of at least 4 members (excludes halogenated alkanes) is 1. The summed E-state index contributed by atoms with van der Waals surface area (Å²) in [4.78, 5) is 24.7. The van der Waals surface area contributed by atoms with Crippen molar-refractivity contribution in [1.82, 2.24) is 4.90 Å². The first-order chi connectivity index (χ1) is 7.66. The molecule has 0 aliphatic carbocycles. The molecule has 0 bridgehead atoms. The molecule has 0 spiro atoms. The van der Waals surface area contributed by atoms with Gasteiger partial charge in [0.2, 0.25) is 11.8 Å². The number of alkyl halides is 1. The van der Waals surface area contributed by atoms with Gasteiger partial charge in [0.25, 0.3) is 0 Å². The molecule has 5 heteroatoms. The molecule has 2 N–H and O–H groups in total. The molecule has 4 nitrogen and oxygen atoms in total. The third-order valence-corrected chi connectivity index (χ3v) is 3.19.